The second-order valence-electron chi connectivity index (χ2n) is 5.78. The lowest BCUT2D eigenvalue weighted by molar-refractivity contribution is -0.133. The van der Waals surface area contributed by atoms with Crippen LogP contribution >= 0.6 is 11.5 Å². The van der Waals surface area contributed by atoms with Crippen LogP contribution in [-0.2, 0) is 4.79 Å². The number of amides is 1. The number of aromatic nitrogens is 2. The van der Waals surface area contributed by atoms with Crippen molar-refractivity contribution in [1.82, 2.24) is 19.6 Å². The normalized spacial score (nSPS) is 25.3. The molecular formula is C13H19F2N5OS. The van der Waals surface area contributed by atoms with Crippen molar-refractivity contribution in [2.75, 3.05) is 37.6 Å². The van der Waals surface area contributed by atoms with Crippen LogP contribution in [-0.4, -0.2) is 64.9 Å². The largest absolute Gasteiger partial charge is 0.345 e. The SMILES string of the molecule is Cc1nsc(N2CCCN(C(=O)C3CC(F)(F)CN3)CC2)n1. The van der Waals surface area contributed by atoms with Gasteiger partial charge in [0.1, 0.15) is 5.82 Å². The zero-order chi connectivity index (χ0) is 15.7. The van der Waals surface area contributed by atoms with Crippen LogP contribution in [0.1, 0.15) is 18.7 Å². The fourth-order valence-electron chi connectivity index (χ4n) is 2.85. The van der Waals surface area contributed by atoms with Crippen molar-refractivity contribution in [3.8, 4) is 0 Å². The molecule has 2 fully saturated rings. The van der Waals surface area contributed by atoms with Crippen LogP contribution < -0.4 is 10.2 Å². The molecule has 6 nitrogen and oxygen atoms in total. The van der Waals surface area contributed by atoms with E-state index in [1.807, 2.05) is 6.92 Å². The van der Waals surface area contributed by atoms with Crippen LogP contribution in [0.3, 0.4) is 0 Å². The molecule has 22 heavy (non-hydrogen) atoms. The third-order valence-electron chi connectivity index (χ3n) is 4.00. The van der Waals surface area contributed by atoms with Crippen molar-refractivity contribution >= 4 is 22.6 Å². The average molecular weight is 331 g/mol. The highest BCUT2D eigenvalue weighted by molar-refractivity contribution is 7.09. The van der Waals surface area contributed by atoms with E-state index >= 15 is 0 Å². The lowest BCUT2D eigenvalue weighted by Gasteiger charge is -2.24. The van der Waals surface area contributed by atoms with Crippen LogP contribution in [0.25, 0.3) is 0 Å². The van der Waals surface area contributed by atoms with Gasteiger partial charge in [-0.2, -0.15) is 4.37 Å². The predicted molar refractivity (Wildman–Crippen MR) is 79.4 cm³/mol. The van der Waals surface area contributed by atoms with Crippen LogP contribution in [0.5, 0.6) is 0 Å². The van der Waals surface area contributed by atoms with E-state index in [1.54, 1.807) is 4.90 Å². The summed E-state index contributed by atoms with van der Waals surface area (Å²) in [6.07, 6.45) is 0.398. The number of anilines is 1. The number of carbonyl (C=O) groups is 1. The number of carbonyl (C=O) groups excluding carboxylic acids is 1. The number of hydrogen-bond acceptors (Lipinski definition) is 6. The number of nitrogens with zero attached hydrogens (tertiary/aromatic N) is 4. The third kappa shape index (κ3) is 3.35. The summed E-state index contributed by atoms with van der Waals surface area (Å²) in [5.74, 6) is -2.25. The summed E-state index contributed by atoms with van der Waals surface area (Å²) in [5, 5.41) is 3.49. The van der Waals surface area contributed by atoms with Gasteiger partial charge in [-0.3, -0.25) is 10.1 Å². The molecule has 0 saturated carbocycles. The summed E-state index contributed by atoms with van der Waals surface area (Å²) in [5.41, 5.74) is 0. The van der Waals surface area contributed by atoms with Gasteiger partial charge in [-0.1, -0.05) is 0 Å². The van der Waals surface area contributed by atoms with Gasteiger partial charge in [-0.25, -0.2) is 13.8 Å². The van der Waals surface area contributed by atoms with Crippen molar-refractivity contribution in [3.05, 3.63) is 5.82 Å². The van der Waals surface area contributed by atoms with Crippen molar-refractivity contribution in [2.45, 2.75) is 31.7 Å². The Kier molecular flexibility index (Phi) is 4.26. The molecule has 3 rings (SSSR count). The summed E-state index contributed by atoms with van der Waals surface area (Å²) >= 11 is 1.35. The van der Waals surface area contributed by atoms with Gasteiger partial charge in [0.25, 0.3) is 5.92 Å². The van der Waals surface area contributed by atoms with Crippen LogP contribution in [0.2, 0.25) is 0 Å². The molecule has 1 aromatic heterocycles. The first-order valence-electron chi connectivity index (χ1n) is 7.40. The monoisotopic (exact) mass is 331 g/mol. The first-order valence-corrected chi connectivity index (χ1v) is 8.17. The number of hydrogen-bond donors (Lipinski definition) is 1. The summed E-state index contributed by atoms with van der Waals surface area (Å²) in [7, 11) is 0. The van der Waals surface area contributed by atoms with Crippen molar-refractivity contribution < 1.29 is 13.6 Å². The maximum atomic E-state index is 13.2. The number of rotatable bonds is 2. The van der Waals surface area contributed by atoms with Gasteiger partial charge in [0.15, 0.2) is 0 Å². The lowest BCUT2D eigenvalue weighted by Crippen LogP contribution is -2.45. The summed E-state index contributed by atoms with van der Waals surface area (Å²) in [4.78, 5) is 20.5. The Hall–Kier alpha value is -1.35. The Balaban J connectivity index is 1.59. The van der Waals surface area contributed by atoms with Crippen LogP contribution in [0.15, 0.2) is 0 Å². The Morgan fingerprint density at radius 2 is 2.18 bits per heavy atom. The van der Waals surface area contributed by atoms with Crippen molar-refractivity contribution in [2.24, 2.45) is 0 Å². The summed E-state index contributed by atoms with van der Waals surface area (Å²) < 4.78 is 30.6. The van der Waals surface area contributed by atoms with Crippen molar-refractivity contribution in [3.63, 3.8) is 0 Å². The Bertz CT molecular complexity index is 552. The molecule has 0 radical (unpaired) electrons. The fraction of sp³-hybridized carbons (Fsp3) is 0.769. The standard InChI is InChI=1S/C13H19F2N5OS/c1-9-17-12(22-18-9)20-4-2-3-19(5-6-20)11(21)10-7-13(14,15)8-16-10/h10,16H,2-8H2,1H3. The Morgan fingerprint density at radius 1 is 1.36 bits per heavy atom. The zero-order valence-corrected chi connectivity index (χ0v) is 13.2. The van der Waals surface area contributed by atoms with E-state index < -0.39 is 24.9 Å². The number of alkyl halides is 2. The molecule has 2 saturated heterocycles. The smallest absolute Gasteiger partial charge is 0.262 e. The molecule has 122 valence electrons. The zero-order valence-electron chi connectivity index (χ0n) is 12.4. The maximum absolute atomic E-state index is 13.2. The maximum Gasteiger partial charge on any atom is 0.262 e. The van der Waals surface area contributed by atoms with E-state index in [0.29, 0.717) is 19.6 Å². The van der Waals surface area contributed by atoms with Gasteiger partial charge in [-0.05, 0) is 13.3 Å². The molecule has 1 amide bonds. The minimum atomic E-state index is -2.78. The molecule has 0 aromatic carbocycles. The molecule has 1 aromatic rings. The van der Waals surface area contributed by atoms with Gasteiger partial charge in [0, 0.05) is 44.1 Å². The number of aryl methyl sites for hydroxylation is 1. The van der Waals surface area contributed by atoms with Gasteiger partial charge in [0.2, 0.25) is 11.0 Å². The predicted octanol–water partition coefficient (Wildman–Crippen LogP) is 0.882. The quantitative estimate of drug-likeness (QED) is 0.872. The molecule has 0 spiro atoms. The second kappa shape index (κ2) is 6.04. The Morgan fingerprint density at radius 3 is 2.82 bits per heavy atom. The van der Waals surface area contributed by atoms with E-state index in [9.17, 15) is 13.6 Å². The van der Waals surface area contributed by atoms with Crippen LogP contribution in [0.4, 0.5) is 13.9 Å². The molecule has 2 aliphatic rings. The first kappa shape index (κ1) is 15.5. The second-order valence-corrected chi connectivity index (χ2v) is 6.51. The highest BCUT2D eigenvalue weighted by Gasteiger charge is 2.43. The van der Waals surface area contributed by atoms with Gasteiger partial charge >= 0.3 is 0 Å². The highest BCUT2D eigenvalue weighted by Crippen LogP contribution is 2.26. The van der Waals surface area contributed by atoms with E-state index in [2.05, 4.69) is 19.6 Å². The fourth-order valence-corrected chi connectivity index (χ4v) is 3.58. The summed E-state index contributed by atoms with van der Waals surface area (Å²) in [6.45, 7) is 4.02. The van der Waals surface area contributed by atoms with E-state index in [1.165, 1.54) is 11.5 Å². The summed E-state index contributed by atoms with van der Waals surface area (Å²) in [6, 6.07) is -0.759. The molecule has 9 heteroatoms. The molecule has 0 bridgehead atoms. The Labute approximate surface area is 131 Å². The van der Waals surface area contributed by atoms with Gasteiger partial charge < -0.3 is 9.80 Å². The topological polar surface area (TPSA) is 61.4 Å². The minimum Gasteiger partial charge on any atom is -0.345 e. The molecule has 2 aliphatic heterocycles. The molecule has 1 N–H and O–H groups in total. The van der Waals surface area contributed by atoms with Crippen LogP contribution in [0, 0.1) is 6.92 Å². The van der Waals surface area contributed by atoms with E-state index in [-0.39, 0.29) is 5.91 Å². The molecule has 0 aliphatic carbocycles. The lowest BCUT2D eigenvalue weighted by atomic mass is 10.1. The minimum absolute atomic E-state index is 0.215. The van der Waals surface area contributed by atoms with Gasteiger partial charge in [0.05, 0.1) is 12.6 Å². The first-order chi connectivity index (χ1) is 10.4. The third-order valence-corrected chi connectivity index (χ3v) is 4.87. The molecule has 1 unspecified atom stereocenters. The number of halogens is 2. The average Bonchev–Trinajstić information content (AvgIpc) is 2.96. The van der Waals surface area contributed by atoms with Gasteiger partial charge in [-0.15, -0.1) is 0 Å². The van der Waals surface area contributed by atoms with E-state index in [0.717, 1.165) is 23.9 Å². The molecule has 3 heterocycles. The molecular weight excluding hydrogens is 312 g/mol. The number of nitrogens with one attached hydrogen (secondary N) is 1. The molecule has 1 atom stereocenters. The highest BCUT2D eigenvalue weighted by atomic mass is 32.1. The van der Waals surface area contributed by atoms with Crippen molar-refractivity contribution in [1.29, 1.82) is 0 Å². The van der Waals surface area contributed by atoms with E-state index in [4.69, 9.17) is 0 Å².